The number of halogens is 1. The summed E-state index contributed by atoms with van der Waals surface area (Å²) in [5.74, 6) is 0. The summed E-state index contributed by atoms with van der Waals surface area (Å²) in [7, 11) is 2.03. The highest BCUT2D eigenvalue weighted by molar-refractivity contribution is 9.10. The Morgan fingerprint density at radius 2 is 2.06 bits per heavy atom. The van der Waals surface area contributed by atoms with Gasteiger partial charge in [0.2, 0.25) is 0 Å². The van der Waals surface area contributed by atoms with Gasteiger partial charge in [-0.3, -0.25) is 0 Å². The predicted molar refractivity (Wildman–Crippen MR) is 78.7 cm³/mol. The van der Waals surface area contributed by atoms with Crippen molar-refractivity contribution in [1.82, 2.24) is 0 Å². The molecule has 0 spiro atoms. The largest absolute Gasteiger partial charge is 0.388 e. The molecule has 3 N–H and O–H groups in total. The van der Waals surface area contributed by atoms with Gasteiger partial charge in [-0.05, 0) is 36.6 Å². The lowest BCUT2D eigenvalue weighted by Gasteiger charge is -2.31. The first-order valence-corrected chi connectivity index (χ1v) is 7.25. The number of benzene rings is 1. The summed E-state index contributed by atoms with van der Waals surface area (Å²) in [5.41, 5.74) is 7.49. The molecule has 1 fully saturated rings. The van der Waals surface area contributed by atoms with Crippen molar-refractivity contribution in [2.45, 2.75) is 37.8 Å². The summed E-state index contributed by atoms with van der Waals surface area (Å²) >= 11 is 3.46. The van der Waals surface area contributed by atoms with Gasteiger partial charge in [0.05, 0.1) is 5.60 Å². The van der Waals surface area contributed by atoms with Gasteiger partial charge in [-0.25, -0.2) is 0 Å². The van der Waals surface area contributed by atoms with E-state index in [1.807, 2.05) is 19.2 Å². The van der Waals surface area contributed by atoms with Crippen LogP contribution in [0.3, 0.4) is 0 Å². The van der Waals surface area contributed by atoms with Crippen molar-refractivity contribution in [1.29, 1.82) is 0 Å². The Kier molecular flexibility index (Phi) is 4.30. The zero-order chi connectivity index (χ0) is 13.2. The van der Waals surface area contributed by atoms with Crippen LogP contribution in [0, 0.1) is 0 Å². The van der Waals surface area contributed by atoms with E-state index < -0.39 is 5.60 Å². The molecule has 0 aromatic heterocycles. The number of hydrogen-bond acceptors (Lipinski definition) is 3. The highest BCUT2D eigenvalue weighted by Gasteiger charge is 2.32. The molecule has 1 aromatic rings. The molecule has 1 aliphatic rings. The number of nitrogens with two attached hydrogens (primary N) is 1. The Labute approximate surface area is 117 Å². The molecule has 4 heteroatoms. The topological polar surface area (TPSA) is 49.5 Å². The molecule has 0 amide bonds. The first-order valence-electron chi connectivity index (χ1n) is 6.46. The summed E-state index contributed by atoms with van der Waals surface area (Å²) in [6.07, 6.45) is 4.08. The van der Waals surface area contributed by atoms with Gasteiger partial charge < -0.3 is 15.7 Å². The van der Waals surface area contributed by atoms with Gasteiger partial charge in [-0.15, -0.1) is 0 Å². The SMILES string of the molecule is CN(CC1(O)CCCC1)c1ccc(Br)cc1CN. The van der Waals surface area contributed by atoms with Crippen molar-refractivity contribution in [3.05, 3.63) is 28.2 Å². The summed E-state index contributed by atoms with van der Waals surface area (Å²) in [6.45, 7) is 1.19. The van der Waals surface area contributed by atoms with E-state index in [2.05, 4.69) is 26.9 Å². The standard InChI is InChI=1S/C14H21BrN2O/c1-17(10-14(18)6-2-3-7-14)13-5-4-12(15)8-11(13)9-16/h4-5,8,18H,2-3,6-7,9-10,16H2,1H3. The fraction of sp³-hybridized carbons (Fsp3) is 0.571. The Morgan fingerprint density at radius 1 is 1.39 bits per heavy atom. The molecule has 100 valence electrons. The molecule has 1 aliphatic carbocycles. The fourth-order valence-corrected chi connectivity index (χ4v) is 3.22. The van der Waals surface area contributed by atoms with Gasteiger partial charge >= 0.3 is 0 Å². The average Bonchev–Trinajstić information content (AvgIpc) is 2.75. The Balaban J connectivity index is 2.15. The van der Waals surface area contributed by atoms with E-state index in [1.165, 1.54) is 0 Å². The molecule has 1 aromatic carbocycles. The minimum Gasteiger partial charge on any atom is -0.388 e. The number of nitrogens with zero attached hydrogens (tertiary/aromatic N) is 1. The summed E-state index contributed by atoms with van der Waals surface area (Å²) in [4.78, 5) is 2.12. The maximum atomic E-state index is 10.5. The Morgan fingerprint density at radius 3 is 2.67 bits per heavy atom. The van der Waals surface area contributed by atoms with Gasteiger partial charge in [0.15, 0.2) is 0 Å². The third-order valence-electron chi connectivity index (χ3n) is 3.74. The quantitative estimate of drug-likeness (QED) is 0.898. The van der Waals surface area contributed by atoms with Crippen molar-refractivity contribution in [3.63, 3.8) is 0 Å². The van der Waals surface area contributed by atoms with Crippen LogP contribution in [0.5, 0.6) is 0 Å². The van der Waals surface area contributed by atoms with Crippen molar-refractivity contribution >= 4 is 21.6 Å². The normalized spacial score (nSPS) is 18.0. The molecule has 18 heavy (non-hydrogen) atoms. The van der Waals surface area contributed by atoms with Crippen LogP contribution in [0.4, 0.5) is 5.69 Å². The molecule has 0 radical (unpaired) electrons. The van der Waals surface area contributed by atoms with E-state index in [0.717, 1.165) is 41.4 Å². The van der Waals surface area contributed by atoms with Gasteiger partial charge in [0.25, 0.3) is 0 Å². The highest BCUT2D eigenvalue weighted by Crippen LogP contribution is 2.32. The molecule has 0 atom stereocenters. The van der Waals surface area contributed by atoms with Crippen LogP contribution < -0.4 is 10.6 Å². The van der Waals surface area contributed by atoms with E-state index in [4.69, 9.17) is 5.73 Å². The third-order valence-corrected chi connectivity index (χ3v) is 4.23. The molecule has 1 saturated carbocycles. The van der Waals surface area contributed by atoms with Crippen LogP contribution in [-0.4, -0.2) is 24.3 Å². The lowest BCUT2D eigenvalue weighted by Crippen LogP contribution is -2.39. The smallest absolute Gasteiger partial charge is 0.0821 e. The second-order valence-electron chi connectivity index (χ2n) is 5.26. The molecular weight excluding hydrogens is 292 g/mol. The number of hydrogen-bond donors (Lipinski definition) is 2. The number of aliphatic hydroxyl groups is 1. The molecule has 0 saturated heterocycles. The second kappa shape index (κ2) is 5.59. The maximum absolute atomic E-state index is 10.5. The average molecular weight is 313 g/mol. The monoisotopic (exact) mass is 312 g/mol. The van der Waals surface area contributed by atoms with E-state index in [1.54, 1.807) is 0 Å². The van der Waals surface area contributed by atoms with Crippen LogP contribution >= 0.6 is 15.9 Å². The first-order chi connectivity index (χ1) is 8.54. The Bertz CT molecular complexity index is 416. The highest BCUT2D eigenvalue weighted by atomic mass is 79.9. The first kappa shape index (κ1) is 13.8. The maximum Gasteiger partial charge on any atom is 0.0821 e. The van der Waals surface area contributed by atoms with Crippen LogP contribution in [0.1, 0.15) is 31.2 Å². The van der Waals surface area contributed by atoms with E-state index in [0.29, 0.717) is 13.1 Å². The molecule has 0 aliphatic heterocycles. The Hall–Kier alpha value is -0.580. The van der Waals surface area contributed by atoms with E-state index >= 15 is 0 Å². The van der Waals surface area contributed by atoms with Crippen LogP contribution in [0.15, 0.2) is 22.7 Å². The van der Waals surface area contributed by atoms with Gasteiger partial charge in [0, 0.05) is 30.3 Å². The van der Waals surface area contributed by atoms with Crippen molar-refractivity contribution in [2.75, 3.05) is 18.5 Å². The minimum absolute atomic E-state index is 0.511. The molecule has 0 heterocycles. The van der Waals surface area contributed by atoms with Gasteiger partial charge in [-0.2, -0.15) is 0 Å². The molecular formula is C14H21BrN2O. The second-order valence-corrected chi connectivity index (χ2v) is 6.18. The van der Waals surface area contributed by atoms with Gasteiger partial charge in [-0.1, -0.05) is 28.8 Å². The van der Waals surface area contributed by atoms with Crippen molar-refractivity contribution in [3.8, 4) is 0 Å². The van der Waals surface area contributed by atoms with Crippen LogP contribution in [0.25, 0.3) is 0 Å². The van der Waals surface area contributed by atoms with E-state index in [9.17, 15) is 5.11 Å². The van der Waals surface area contributed by atoms with E-state index in [-0.39, 0.29) is 0 Å². The summed E-state index contributed by atoms with van der Waals surface area (Å²) in [5, 5.41) is 10.5. The van der Waals surface area contributed by atoms with Gasteiger partial charge in [0.1, 0.15) is 0 Å². The summed E-state index contributed by atoms with van der Waals surface area (Å²) < 4.78 is 1.04. The number of anilines is 1. The van der Waals surface area contributed by atoms with Crippen LogP contribution in [0.2, 0.25) is 0 Å². The number of likely N-dealkylation sites (N-methyl/N-ethyl adjacent to an activating group) is 1. The minimum atomic E-state index is -0.520. The molecule has 0 bridgehead atoms. The molecule has 3 nitrogen and oxygen atoms in total. The van der Waals surface area contributed by atoms with Crippen LogP contribution in [-0.2, 0) is 6.54 Å². The number of rotatable bonds is 4. The molecule has 2 rings (SSSR count). The fourth-order valence-electron chi connectivity index (χ4n) is 2.81. The zero-order valence-corrected chi connectivity index (χ0v) is 12.4. The van der Waals surface area contributed by atoms with Crippen molar-refractivity contribution < 1.29 is 5.11 Å². The molecule has 0 unspecified atom stereocenters. The lowest BCUT2D eigenvalue weighted by atomic mass is 10.0. The lowest BCUT2D eigenvalue weighted by molar-refractivity contribution is 0.0559. The predicted octanol–water partition coefficient (Wildman–Crippen LogP) is 2.65. The summed E-state index contributed by atoms with van der Waals surface area (Å²) in [6, 6.07) is 6.12. The zero-order valence-electron chi connectivity index (χ0n) is 10.8. The third kappa shape index (κ3) is 3.05. The van der Waals surface area contributed by atoms with Crippen molar-refractivity contribution in [2.24, 2.45) is 5.73 Å².